The average Bonchev–Trinajstić information content (AvgIpc) is 2.91. The maximum Gasteiger partial charge on any atom is 0.518 e. The van der Waals surface area contributed by atoms with Crippen LogP contribution >= 0.6 is 0 Å². The van der Waals surface area contributed by atoms with E-state index in [-0.39, 0.29) is 22.5 Å². The lowest BCUT2D eigenvalue weighted by atomic mass is 9.70. The van der Waals surface area contributed by atoms with Crippen molar-refractivity contribution in [3.63, 3.8) is 0 Å². The Balaban J connectivity index is 2.23. The smallest absolute Gasteiger partial charge is 0.420 e. The van der Waals surface area contributed by atoms with Crippen LogP contribution in [-0.2, 0) is 9.47 Å². The van der Waals surface area contributed by atoms with Gasteiger partial charge in [-0.05, 0) is 43.9 Å². The SMILES string of the molecule is CCCCCCCCCCCC[N+](C(=O)OCC)(C1CCC(C(C)(C)C)CC1)C1O[C@H](CO)[C@@H](O)[C@H](O)[C@@H]1O. The van der Waals surface area contributed by atoms with Crippen molar-refractivity contribution in [1.82, 2.24) is 0 Å². The molecule has 1 saturated heterocycles. The van der Waals surface area contributed by atoms with E-state index in [4.69, 9.17) is 9.47 Å². The van der Waals surface area contributed by atoms with Gasteiger partial charge in [-0.3, -0.25) is 0 Å². The van der Waals surface area contributed by atoms with Crippen LogP contribution in [0.5, 0.6) is 0 Å². The second-order valence-corrected chi connectivity index (χ2v) is 13.1. The lowest BCUT2D eigenvalue weighted by Gasteiger charge is -2.52. The van der Waals surface area contributed by atoms with Gasteiger partial charge in [0, 0.05) is 12.8 Å². The number of carbonyl (C=O) groups is 1. The molecule has 0 spiro atoms. The van der Waals surface area contributed by atoms with Crippen LogP contribution in [0.1, 0.15) is 125 Å². The van der Waals surface area contributed by atoms with Gasteiger partial charge in [-0.1, -0.05) is 79.1 Å². The number of nitrogens with zero attached hydrogens (tertiary/aromatic N) is 1. The first-order valence-electron chi connectivity index (χ1n) is 15.9. The van der Waals surface area contributed by atoms with Gasteiger partial charge in [0.05, 0.1) is 19.8 Å². The molecular formula is C31H60NO7+. The van der Waals surface area contributed by atoms with Crippen LogP contribution in [0.3, 0.4) is 0 Å². The van der Waals surface area contributed by atoms with Gasteiger partial charge in [-0.25, -0.2) is 0 Å². The summed E-state index contributed by atoms with van der Waals surface area (Å²) in [5.74, 6) is 0.532. The second kappa shape index (κ2) is 16.6. The number of unbranched alkanes of at least 4 members (excludes halogenated alkanes) is 9. The molecule has 1 heterocycles. The number of hydrogen-bond acceptors (Lipinski definition) is 7. The van der Waals surface area contributed by atoms with Gasteiger partial charge >= 0.3 is 6.09 Å². The van der Waals surface area contributed by atoms with Gasteiger partial charge in [-0.2, -0.15) is 9.28 Å². The van der Waals surface area contributed by atoms with Gasteiger partial charge in [0.1, 0.15) is 24.4 Å². The number of ether oxygens (including phenoxy) is 2. The molecule has 2 fully saturated rings. The first-order valence-corrected chi connectivity index (χ1v) is 15.9. The van der Waals surface area contributed by atoms with Crippen molar-refractivity contribution in [2.45, 2.75) is 161 Å². The highest BCUT2D eigenvalue weighted by Gasteiger charge is 2.60. The predicted octanol–water partition coefficient (Wildman–Crippen LogP) is 5.29. The fourth-order valence-electron chi connectivity index (χ4n) is 6.83. The van der Waals surface area contributed by atoms with Crippen LogP contribution in [0.25, 0.3) is 0 Å². The number of rotatable bonds is 15. The van der Waals surface area contributed by atoms with Crippen molar-refractivity contribution in [3.8, 4) is 0 Å². The molecule has 0 aromatic heterocycles. The normalized spacial score (nSPS) is 31.6. The molecule has 0 aromatic rings. The zero-order chi connectivity index (χ0) is 29.1. The van der Waals surface area contributed by atoms with Crippen molar-refractivity contribution in [3.05, 3.63) is 0 Å². The Bertz CT molecular complexity index is 689. The number of aliphatic hydroxyl groups excluding tert-OH is 4. The number of amides is 1. The summed E-state index contributed by atoms with van der Waals surface area (Å²) in [4.78, 5) is 13.9. The van der Waals surface area contributed by atoms with Crippen LogP contribution in [0, 0.1) is 11.3 Å². The number of carbonyl (C=O) groups excluding carboxylic acids is 1. The van der Waals surface area contributed by atoms with Crippen LogP contribution in [0.4, 0.5) is 4.79 Å². The molecule has 2 unspecified atom stereocenters. The molecule has 2 aliphatic rings. The van der Waals surface area contributed by atoms with Crippen molar-refractivity contribution in [1.29, 1.82) is 0 Å². The quantitative estimate of drug-likeness (QED) is 0.159. The fourth-order valence-corrected chi connectivity index (χ4v) is 6.83. The average molecular weight is 559 g/mol. The molecule has 0 bridgehead atoms. The van der Waals surface area contributed by atoms with Crippen LogP contribution in [0.2, 0.25) is 0 Å². The van der Waals surface area contributed by atoms with E-state index in [0.717, 1.165) is 44.9 Å². The molecule has 0 aromatic carbocycles. The van der Waals surface area contributed by atoms with Crippen molar-refractivity contribution in [2.24, 2.45) is 11.3 Å². The van der Waals surface area contributed by atoms with Crippen molar-refractivity contribution < 1.29 is 39.2 Å². The summed E-state index contributed by atoms with van der Waals surface area (Å²) in [6.45, 7) is 10.9. The van der Waals surface area contributed by atoms with Crippen LogP contribution in [-0.4, -0.2) is 87.4 Å². The third-order valence-corrected chi connectivity index (χ3v) is 9.38. The van der Waals surface area contributed by atoms with E-state index >= 15 is 0 Å². The minimum Gasteiger partial charge on any atom is -0.420 e. The molecule has 8 nitrogen and oxygen atoms in total. The standard InChI is InChI=1S/C31H60NO7/c1-6-8-9-10-11-12-13-14-15-16-21-32(30(37)38-7-2,24-19-17-23(18-20-24)31(3,4)5)29-28(36)27(35)26(34)25(22-33)39-29/h23-29,33-36H,6-22H2,1-5H3/q+1/t23?,24?,25-,26-,27+,28+,29?,32?/m1/s1. The summed E-state index contributed by atoms with van der Waals surface area (Å²) in [5, 5.41) is 42.2. The number of quaternary nitrogens is 1. The van der Waals surface area contributed by atoms with Gasteiger partial charge in [-0.15, -0.1) is 0 Å². The van der Waals surface area contributed by atoms with Gasteiger partial charge in [0.15, 0.2) is 6.10 Å². The highest BCUT2D eigenvalue weighted by molar-refractivity contribution is 5.60. The predicted molar refractivity (Wildman–Crippen MR) is 153 cm³/mol. The van der Waals surface area contributed by atoms with Crippen molar-refractivity contribution in [2.75, 3.05) is 19.8 Å². The minimum atomic E-state index is -1.52. The van der Waals surface area contributed by atoms with E-state index < -0.39 is 43.3 Å². The molecular weight excluding hydrogens is 498 g/mol. The van der Waals surface area contributed by atoms with Crippen LogP contribution in [0.15, 0.2) is 0 Å². The molecule has 39 heavy (non-hydrogen) atoms. The highest BCUT2D eigenvalue weighted by Crippen LogP contribution is 2.44. The van der Waals surface area contributed by atoms with E-state index in [0.29, 0.717) is 12.5 Å². The second-order valence-electron chi connectivity index (χ2n) is 13.1. The van der Waals surface area contributed by atoms with Gasteiger partial charge in [0.2, 0.25) is 6.23 Å². The Morgan fingerprint density at radius 1 is 0.821 bits per heavy atom. The van der Waals surface area contributed by atoms with Crippen molar-refractivity contribution >= 4 is 6.09 Å². The topological polar surface area (TPSA) is 116 Å². The molecule has 230 valence electrons. The maximum absolute atomic E-state index is 13.9. The van der Waals surface area contributed by atoms with Gasteiger partial charge < -0.3 is 29.9 Å². The summed E-state index contributed by atoms with van der Waals surface area (Å²) in [5.41, 5.74) is 0.171. The first-order chi connectivity index (χ1) is 18.5. The molecule has 0 radical (unpaired) electrons. The molecule has 1 amide bonds. The van der Waals surface area contributed by atoms with Gasteiger partial charge in [0.25, 0.3) is 0 Å². The van der Waals surface area contributed by atoms with E-state index in [1.807, 2.05) is 0 Å². The zero-order valence-corrected chi connectivity index (χ0v) is 25.5. The Kier molecular flexibility index (Phi) is 14.7. The summed E-state index contributed by atoms with van der Waals surface area (Å²) in [7, 11) is 0. The highest BCUT2D eigenvalue weighted by atomic mass is 16.6. The molecule has 1 saturated carbocycles. The van der Waals surface area contributed by atoms with E-state index in [2.05, 4.69) is 27.7 Å². The minimum absolute atomic E-state index is 0.136. The zero-order valence-electron chi connectivity index (χ0n) is 25.5. The molecule has 1 aliphatic carbocycles. The Hall–Kier alpha value is -0.770. The Labute approximate surface area is 237 Å². The monoisotopic (exact) mass is 558 g/mol. The molecule has 2 rings (SSSR count). The first kappa shape index (κ1) is 34.4. The maximum atomic E-state index is 13.9. The lowest BCUT2D eigenvalue weighted by Crippen LogP contribution is -2.75. The van der Waals surface area contributed by atoms with Crippen LogP contribution < -0.4 is 0 Å². The lowest BCUT2D eigenvalue weighted by molar-refractivity contribution is -0.938. The summed E-state index contributed by atoms with van der Waals surface area (Å²) < 4.78 is 11.6. The third-order valence-electron chi connectivity index (χ3n) is 9.38. The molecule has 8 heteroatoms. The fraction of sp³-hybridized carbons (Fsp3) is 0.968. The largest absolute Gasteiger partial charge is 0.518 e. The summed E-state index contributed by atoms with van der Waals surface area (Å²) in [6, 6.07) is -0.136. The third kappa shape index (κ3) is 9.11. The number of aliphatic hydroxyl groups is 4. The van der Waals surface area contributed by atoms with E-state index in [1.54, 1.807) is 6.92 Å². The molecule has 6 atom stereocenters. The summed E-state index contributed by atoms with van der Waals surface area (Å²) in [6.07, 6.45) is 8.07. The number of hydrogen-bond donors (Lipinski definition) is 4. The molecule has 1 aliphatic heterocycles. The molecule has 4 N–H and O–H groups in total. The van der Waals surface area contributed by atoms with E-state index in [9.17, 15) is 25.2 Å². The Morgan fingerprint density at radius 3 is 1.85 bits per heavy atom. The van der Waals surface area contributed by atoms with E-state index in [1.165, 1.54) is 44.9 Å². The summed E-state index contributed by atoms with van der Waals surface area (Å²) >= 11 is 0. The Morgan fingerprint density at radius 2 is 1.36 bits per heavy atom.